The van der Waals surface area contributed by atoms with E-state index >= 15 is 0 Å². The van der Waals surface area contributed by atoms with Gasteiger partial charge in [-0.3, -0.25) is 0 Å². The SMILES string of the molecule is NS(=O)(=O)c1ccc(C(F)(F)F)cc1CC(F)(F)F. The van der Waals surface area contributed by atoms with E-state index < -0.39 is 44.8 Å². The Morgan fingerprint density at radius 2 is 1.58 bits per heavy atom. The lowest BCUT2D eigenvalue weighted by atomic mass is 10.1. The van der Waals surface area contributed by atoms with Crippen LogP contribution in [0, 0.1) is 0 Å². The molecular formula is C9H7F6NO2S. The number of rotatable bonds is 2. The first-order valence-corrected chi connectivity index (χ1v) is 6.15. The first kappa shape index (κ1) is 15.8. The number of hydrogen-bond acceptors (Lipinski definition) is 2. The zero-order chi connectivity index (χ0) is 15.1. The normalized spacial score (nSPS) is 13.6. The van der Waals surface area contributed by atoms with E-state index in [4.69, 9.17) is 0 Å². The predicted octanol–water partition coefficient (Wildman–Crippen LogP) is 2.46. The van der Waals surface area contributed by atoms with Gasteiger partial charge in [0.25, 0.3) is 0 Å². The van der Waals surface area contributed by atoms with Gasteiger partial charge >= 0.3 is 12.4 Å². The predicted molar refractivity (Wildman–Crippen MR) is 52.6 cm³/mol. The average molecular weight is 307 g/mol. The highest BCUT2D eigenvalue weighted by Crippen LogP contribution is 2.33. The molecule has 0 aromatic heterocycles. The number of nitrogens with two attached hydrogens (primary N) is 1. The molecule has 0 saturated carbocycles. The lowest BCUT2D eigenvalue weighted by Crippen LogP contribution is -2.20. The average Bonchev–Trinajstić information content (AvgIpc) is 2.11. The number of alkyl halides is 6. The van der Waals surface area contributed by atoms with E-state index in [-0.39, 0.29) is 6.07 Å². The Hall–Kier alpha value is -1.29. The molecule has 0 aliphatic rings. The van der Waals surface area contributed by atoms with Crippen molar-refractivity contribution in [3.8, 4) is 0 Å². The quantitative estimate of drug-likeness (QED) is 0.853. The second kappa shape index (κ2) is 4.67. The summed E-state index contributed by atoms with van der Waals surface area (Å²) in [4.78, 5) is -0.974. The molecule has 1 aromatic carbocycles. The van der Waals surface area contributed by atoms with Crippen molar-refractivity contribution in [1.29, 1.82) is 0 Å². The van der Waals surface area contributed by atoms with Crippen LogP contribution in [0.25, 0.3) is 0 Å². The van der Waals surface area contributed by atoms with Crippen LogP contribution in [-0.2, 0) is 22.6 Å². The minimum Gasteiger partial charge on any atom is -0.225 e. The molecule has 10 heteroatoms. The van der Waals surface area contributed by atoms with Crippen molar-refractivity contribution in [1.82, 2.24) is 0 Å². The standard InChI is InChI=1S/C9H7F6NO2S/c10-8(11,12)4-5-3-6(9(13,14)15)1-2-7(5)19(16,17)18/h1-3H,4H2,(H2,16,17,18). The molecule has 0 saturated heterocycles. The zero-order valence-corrected chi connectivity index (χ0v) is 9.83. The van der Waals surface area contributed by atoms with E-state index in [1.807, 2.05) is 0 Å². The van der Waals surface area contributed by atoms with Gasteiger partial charge in [0, 0.05) is 0 Å². The van der Waals surface area contributed by atoms with E-state index in [0.717, 1.165) is 0 Å². The van der Waals surface area contributed by atoms with Gasteiger partial charge in [0.2, 0.25) is 10.0 Å². The minimum atomic E-state index is -4.88. The first-order valence-electron chi connectivity index (χ1n) is 4.60. The maximum absolute atomic E-state index is 12.4. The Morgan fingerprint density at radius 1 is 1.05 bits per heavy atom. The molecule has 0 unspecified atom stereocenters. The molecule has 0 aliphatic carbocycles. The second-order valence-electron chi connectivity index (χ2n) is 3.66. The van der Waals surface area contributed by atoms with Gasteiger partial charge in [-0.05, 0) is 23.8 Å². The second-order valence-corrected chi connectivity index (χ2v) is 5.19. The summed E-state index contributed by atoms with van der Waals surface area (Å²) in [5, 5.41) is 4.66. The van der Waals surface area contributed by atoms with E-state index in [1.54, 1.807) is 0 Å². The highest BCUT2D eigenvalue weighted by Gasteiger charge is 2.35. The van der Waals surface area contributed by atoms with Crippen molar-refractivity contribution in [2.24, 2.45) is 5.14 Å². The Labute approximate surface area is 104 Å². The number of hydrogen-bond donors (Lipinski definition) is 1. The van der Waals surface area contributed by atoms with Gasteiger partial charge in [0.1, 0.15) is 0 Å². The number of halogens is 6. The molecule has 1 rings (SSSR count). The van der Waals surface area contributed by atoms with Gasteiger partial charge < -0.3 is 0 Å². The number of sulfonamides is 1. The molecule has 0 bridgehead atoms. The summed E-state index contributed by atoms with van der Waals surface area (Å²) in [5.74, 6) is 0. The third kappa shape index (κ3) is 4.39. The monoisotopic (exact) mass is 307 g/mol. The number of benzene rings is 1. The van der Waals surface area contributed by atoms with Crippen molar-refractivity contribution >= 4 is 10.0 Å². The van der Waals surface area contributed by atoms with Crippen LogP contribution >= 0.6 is 0 Å². The largest absolute Gasteiger partial charge is 0.416 e. The summed E-state index contributed by atoms with van der Waals surface area (Å²) in [6.45, 7) is 0. The van der Waals surface area contributed by atoms with Gasteiger partial charge in [-0.15, -0.1) is 0 Å². The van der Waals surface area contributed by atoms with Crippen LogP contribution in [0.4, 0.5) is 26.3 Å². The summed E-state index contributed by atoms with van der Waals surface area (Å²) in [6, 6.07) is 0.909. The van der Waals surface area contributed by atoms with Crippen molar-refractivity contribution in [2.75, 3.05) is 0 Å². The van der Waals surface area contributed by atoms with E-state index in [2.05, 4.69) is 5.14 Å². The minimum absolute atomic E-state index is 0.132. The van der Waals surface area contributed by atoms with E-state index in [0.29, 0.717) is 12.1 Å². The van der Waals surface area contributed by atoms with Crippen LogP contribution in [-0.4, -0.2) is 14.6 Å². The van der Waals surface area contributed by atoms with Gasteiger partial charge in [0.05, 0.1) is 16.9 Å². The molecule has 19 heavy (non-hydrogen) atoms. The molecule has 1 aromatic rings. The molecule has 0 amide bonds. The fourth-order valence-corrected chi connectivity index (χ4v) is 2.14. The molecule has 0 heterocycles. The summed E-state index contributed by atoms with van der Waals surface area (Å²) in [5.41, 5.74) is -2.41. The first-order chi connectivity index (χ1) is 8.31. The van der Waals surface area contributed by atoms with Crippen molar-refractivity contribution in [3.05, 3.63) is 29.3 Å². The van der Waals surface area contributed by atoms with Gasteiger partial charge in [0.15, 0.2) is 0 Å². The number of primary sulfonamides is 1. The smallest absolute Gasteiger partial charge is 0.225 e. The molecule has 0 atom stereocenters. The summed E-state index contributed by atoms with van der Waals surface area (Å²) >= 11 is 0. The topological polar surface area (TPSA) is 60.2 Å². The van der Waals surface area contributed by atoms with Crippen molar-refractivity contribution < 1.29 is 34.8 Å². The maximum Gasteiger partial charge on any atom is 0.416 e. The molecule has 0 spiro atoms. The molecular weight excluding hydrogens is 300 g/mol. The Bertz CT molecular complexity index is 575. The lowest BCUT2D eigenvalue weighted by Gasteiger charge is -2.13. The van der Waals surface area contributed by atoms with Crippen LogP contribution in [0.15, 0.2) is 23.1 Å². The Kier molecular flexibility index (Phi) is 3.88. The lowest BCUT2D eigenvalue weighted by molar-refractivity contribution is -0.138. The molecule has 0 fully saturated rings. The third-order valence-corrected chi connectivity index (χ3v) is 3.10. The summed E-state index contributed by atoms with van der Waals surface area (Å²) in [6.07, 6.45) is -11.6. The molecule has 3 nitrogen and oxygen atoms in total. The van der Waals surface area contributed by atoms with Crippen LogP contribution in [0.5, 0.6) is 0 Å². The van der Waals surface area contributed by atoms with Crippen LogP contribution < -0.4 is 5.14 Å². The molecule has 2 N–H and O–H groups in total. The van der Waals surface area contributed by atoms with Crippen LogP contribution in [0.2, 0.25) is 0 Å². The van der Waals surface area contributed by atoms with Crippen molar-refractivity contribution in [2.45, 2.75) is 23.7 Å². The molecule has 108 valence electrons. The van der Waals surface area contributed by atoms with Crippen LogP contribution in [0.1, 0.15) is 11.1 Å². The van der Waals surface area contributed by atoms with E-state index in [1.165, 1.54) is 0 Å². The maximum atomic E-state index is 12.4. The molecule has 0 radical (unpaired) electrons. The van der Waals surface area contributed by atoms with Crippen molar-refractivity contribution in [3.63, 3.8) is 0 Å². The molecule has 0 aliphatic heterocycles. The van der Waals surface area contributed by atoms with E-state index in [9.17, 15) is 34.8 Å². The highest BCUT2D eigenvalue weighted by molar-refractivity contribution is 7.89. The Balaban J connectivity index is 3.44. The van der Waals surface area contributed by atoms with Gasteiger partial charge in [-0.2, -0.15) is 26.3 Å². The van der Waals surface area contributed by atoms with Crippen LogP contribution in [0.3, 0.4) is 0 Å². The Morgan fingerprint density at radius 3 is 1.95 bits per heavy atom. The highest BCUT2D eigenvalue weighted by atomic mass is 32.2. The summed E-state index contributed by atoms with van der Waals surface area (Å²) < 4.78 is 95.8. The fourth-order valence-electron chi connectivity index (χ4n) is 1.39. The summed E-state index contributed by atoms with van der Waals surface area (Å²) in [7, 11) is -4.54. The third-order valence-electron chi connectivity index (χ3n) is 2.09. The van der Waals surface area contributed by atoms with Gasteiger partial charge in [-0.25, -0.2) is 13.6 Å². The van der Waals surface area contributed by atoms with Gasteiger partial charge in [-0.1, -0.05) is 0 Å². The zero-order valence-electron chi connectivity index (χ0n) is 9.01. The fraction of sp³-hybridized carbons (Fsp3) is 0.333.